The highest BCUT2D eigenvalue weighted by molar-refractivity contribution is 6.06. The van der Waals surface area contributed by atoms with Crippen LogP contribution in [0, 0.1) is 33.0 Å². The maximum absolute atomic E-state index is 13.7. The molecule has 7 heteroatoms. The van der Waals surface area contributed by atoms with Gasteiger partial charge in [0.2, 0.25) is 5.78 Å². The number of amides is 2. The largest absolute Gasteiger partial charge is 0.504 e. The lowest BCUT2D eigenvalue weighted by atomic mass is 9.33. The van der Waals surface area contributed by atoms with Gasteiger partial charge in [-0.25, -0.2) is 4.79 Å². The molecule has 6 atom stereocenters. The van der Waals surface area contributed by atoms with E-state index >= 15 is 0 Å². The molecule has 7 nitrogen and oxygen atoms in total. The molecule has 6 aliphatic rings. The number of imide groups is 1. The van der Waals surface area contributed by atoms with E-state index in [1.165, 1.54) is 5.57 Å². The molecule has 2 amide bonds. The Kier molecular flexibility index (Phi) is 6.03. The fourth-order valence-electron chi connectivity index (χ4n) is 10.1. The third-order valence-electron chi connectivity index (χ3n) is 12.8. The second kappa shape index (κ2) is 8.78. The van der Waals surface area contributed by atoms with Crippen LogP contribution in [0.1, 0.15) is 106 Å². The number of aliphatic hydroxyl groups excluding tert-OH is 1. The maximum atomic E-state index is 13.7. The van der Waals surface area contributed by atoms with Crippen LogP contribution in [0.5, 0.6) is 0 Å². The van der Waals surface area contributed by atoms with Crippen molar-refractivity contribution < 1.29 is 29.1 Å². The molecule has 0 spiro atoms. The summed E-state index contributed by atoms with van der Waals surface area (Å²) in [7, 11) is 0. The van der Waals surface area contributed by atoms with E-state index in [1.54, 1.807) is 6.08 Å². The fraction of sp³-hybridized carbons (Fsp3) is 0.647. The second-order valence-electron chi connectivity index (χ2n) is 14.7. The predicted molar refractivity (Wildman–Crippen MR) is 153 cm³/mol. The van der Waals surface area contributed by atoms with E-state index in [9.17, 15) is 24.3 Å². The molecular formula is C34H43NO6. The lowest BCUT2D eigenvalue weighted by Crippen LogP contribution is -2.63. The molecule has 5 aliphatic carbocycles. The number of allylic oxidation sites excluding steroid dienone is 7. The van der Waals surface area contributed by atoms with Gasteiger partial charge < -0.3 is 9.94 Å². The van der Waals surface area contributed by atoms with Crippen LogP contribution in [-0.2, 0) is 24.0 Å². The molecule has 0 unspecified atom stereocenters. The number of rotatable bonds is 3. The summed E-state index contributed by atoms with van der Waals surface area (Å²) in [5, 5.41) is 11.1. The summed E-state index contributed by atoms with van der Waals surface area (Å²) < 4.78 is 0. The molecule has 0 bridgehead atoms. The summed E-state index contributed by atoms with van der Waals surface area (Å²) in [6.07, 6.45) is 13.3. The van der Waals surface area contributed by atoms with Crippen LogP contribution in [0.3, 0.4) is 0 Å². The molecule has 0 radical (unpaired) electrons. The first kappa shape index (κ1) is 28.2. The van der Waals surface area contributed by atoms with Crippen molar-refractivity contribution in [2.24, 2.45) is 33.0 Å². The van der Waals surface area contributed by atoms with Crippen molar-refractivity contribution >= 4 is 23.6 Å². The number of aliphatic hydroxyl groups is 1. The number of hydrogen-bond donors (Lipinski definition) is 1. The Bertz CT molecular complexity index is 1400. The SMILES string of the molecule is CC[C@@]12CC[C@@]3(C)C4=CC(=O)C(O)=C(C)C4=CC=C3[C@@]1(C)CC[C@@]1(C)CC[C@@](C)(C(=O)ON3C(=O)CCC3=O)C[C@H]12. The molecule has 1 aliphatic heterocycles. The van der Waals surface area contributed by atoms with Crippen LogP contribution in [0.2, 0.25) is 0 Å². The van der Waals surface area contributed by atoms with Gasteiger partial charge in [-0.05, 0) is 105 Å². The number of nitrogens with zero attached hydrogens (tertiary/aromatic N) is 1. The Balaban J connectivity index is 1.40. The van der Waals surface area contributed by atoms with Crippen LogP contribution < -0.4 is 0 Å². The molecule has 0 aromatic heterocycles. The third kappa shape index (κ3) is 3.56. The zero-order chi connectivity index (χ0) is 29.8. The lowest BCUT2D eigenvalue weighted by Gasteiger charge is -2.71. The van der Waals surface area contributed by atoms with Gasteiger partial charge in [-0.1, -0.05) is 45.4 Å². The standard InChI is InChI=1S/C34H43NO6/c1-7-34-17-15-32(5)22-18-23(36)28(39)20(2)21(22)8-9-24(32)33(34,6)16-14-30(3)12-13-31(4,19-25(30)34)29(40)41-35-26(37)10-11-27(35)38/h8-9,18,25,39H,7,10-17,19H2,1-6H3/t25-,30-,31-,32+,33-,34+/m1/s1. The van der Waals surface area contributed by atoms with Crippen LogP contribution in [0.25, 0.3) is 0 Å². The van der Waals surface area contributed by atoms with E-state index < -0.39 is 23.2 Å². The number of ketones is 1. The van der Waals surface area contributed by atoms with Crippen molar-refractivity contribution in [2.45, 2.75) is 106 Å². The van der Waals surface area contributed by atoms with E-state index in [-0.39, 0.29) is 52.0 Å². The minimum absolute atomic E-state index is 0.0653. The topological polar surface area (TPSA) is 101 Å². The second-order valence-corrected chi connectivity index (χ2v) is 14.7. The fourth-order valence-corrected chi connectivity index (χ4v) is 10.1. The average Bonchev–Trinajstić information content (AvgIpc) is 3.25. The molecule has 6 rings (SSSR count). The van der Waals surface area contributed by atoms with Gasteiger partial charge in [0.1, 0.15) is 0 Å². The molecule has 1 saturated heterocycles. The summed E-state index contributed by atoms with van der Waals surface area (Å²) in [6.45, 7) is 13.1. The van der Waals surface area contributed by atoms with Gasteiger partial charge in [-0.3, -0.25) is 14.4 Å². The zero-order valence-electron chi connectivity index (χ0n) is 25.3. The van der Waals surface area contributed by atoms with Gasteiger partial charge in [-0.15, -0.1) is 5.06 Å². The van der Waals surface area contributed by atoms with Crippen molar-refractivity contribution in [3.05, 3.63) is 46.3 Å². The van der Waals surface area contributed by atoms with Crippen molar-refractivity contribution in [3.63, 3.8) is 0 Å². The van der Waals surface area contributed by atoms with E-state index in [1.807, 2.05) is 13.8 Å². The van der Waals surface area contributed by atoms with E-state index in [2.05, 4.69) is 39.8 Å². The monoisotopic (exact) mass is 561 g/mol. The van der Waals surface area contributed by atoms with E-state index in [4.69, 9.17) is 4.84 Å². The highest BCUT2D eigenvalue weighted by atomic mass is 16.7. The van der Waals surface area contributed by atoms with E-state index in [0.29, 0.717) is 23.5 Å². The van der Waals surface area contributed by atoms with Crippen molar-refractivity contribution in [3.8, 4) is 0 Å². The summed E-state index contributed by atoms with van der Waals surface area (Å²) >= 11 is 0. The Labute approximate surface area is 242 Å². The van der Waals surface area contributed by atoms with Gasteiger partial charge in [0.15, 0.2) is 5.76 Å². The summed E-state index contributed by atoms with van der Waals surface area (Å²) in [5.41, 5.74) is 2.75. The minimum Gasteiger partial charge on any atom is -0.504 e. The Morgan fingerprint density at radius 1 is 0.976 bits per heavy atom. The van der Waals surface area contributed by atoms with Crippen molar-refractivity contribution in [2.75, 3.05) is 0 Å². The molecule has 4 fully saturated rings. The Morgan fingerprint density at radius 3 is 2.29 bits per heavy atom. The van der Waals surface area contributed by atoms with Gasteiger partial charge in [-0.2, -0.15) is 0 Å². The maximum Gasteiger partial charge on any atom is 0.339 e. The van der Waals surface area contributed by atoms with Gasteiger partial charge >= 0.3 is 5.97 Å². The minimum atomic E-state index is -0.791. The first-order chi connectivity index (χ1) is 19.2. The number of hydroxylamine groups is 2. The van der Waals surface area contributed by atoms with Crippen LogP contribution in [0.4, 0.5) is 0 Å². The number of fused-ring (bicyclic) bond motifs is 7. The Hall–Kier alpha value is -2.96. The molecule has 1 heterocycles. The van der Waals surface area contributed by atoms with Crippen LogP contribution in [-0.4, -0.2) is 33.7 Å². The molecule has 3 saturated carbocycles. The highest BCUT2D eigenvalue weighted by Crippen LogP contribution is 2.76. The third-order valence-corrected chi connectivity index (χ3v) is 12.8. The quantitative estimate of drug-likeness (QED) is 0.389. The zero-order valence-corrected chi connectivity index (χ0v) is 25.3. The molecule has 41 heavy (non-hydrogen) atoms. The summed E-state index contributed by atoms with van der Waals surface area (Å²) in [5.74, 6) is -1.59. The molecule has 0 aromatic rings. The lowest BCUT2D eigenvalue weighted by molar-refractivity contribution is -0.216. The molecule has 0 aromatic carbocycles. The molecular weight excluding hydrogens is 518 g/mol. The Morgan fingerprint density at radius 2 is 1.63 bits per heavy atom. The van der Waals surface area contributed by atoms with Gasteiger partial charge in [0, 0.05) is 23.8 Å². The number of carbonyl (C=O) groups excluding carboxylic acids is 4. The summed E-state index contributed by atoms with van der Waals surface area (Å²) in [4.78, 5) is 56.4. The number of carbonyl (C=O) groups is 4. The van der Waals surface area contributed by atoms with E-state index in [0.717, 1.165) is 49.7 Å². The van der Waals surface area contributed by atoms with Crippen molar-refractivity contribution in [1.29, 1.82) is 0 Å². The number of hydrogen-bond acceptors (Lipinski definition) is 6. The summed E-state index contributed by atoms with van der Waals surface area (Å²) in [6, 6.07) is 0. The molecule has 1 N–H and O–H groups in total. The van der Waals surface area contributed by atoms with Crippen molar-refractivity contribution in [1.82, 2.24) is 5.06 Å². The van der Waals surface area contributed by atoms with Crippen LogP contribution >= 0.6 is 0 Å². The normalized spacial score (nSPS) is 42.0. The highest BCUT2D eigenvalue weighted by Gasteiger charge is 2.68. The molecule has 220 valence electrons. The predicted octanol–water partition coefficient (Wildman–Crippen LogP) is 6.61. The average molecular weight is 562 g/mol. The first-order valence-electron chi connectivity index (χ1n) is 15.3. The van der Waals surface area contributed by atoms with Gasteiger partial charge in [0.05, 0.1) is 5.41 Å². The smallest absolute Gasteiger partial charge is 0.339 e. The van der Waals surface area contributed by atoms with Gasteiger partial charge in [0.25, 0.3) is 11.8 Å². The first-order valence-corrected chi connectivity index (χ1v) is 15.3. The van der Waals surface area contributed by atoms with Crippen LogP contribution in [0.15, 0.2) is 46.3 Å².